The zero-order chi connectivity index (χ0) is 12.5. The minimum Gasteiger partial charge on any atom is -0.496 e. The van der Waals surface area contributed by atoms with Crippen LogP contribution < -0.4 is 15.8 Å². The summed E-state index contributed by atoms with van der Waals surface area (Å²) in [6.45, 7) is 6.57. The van der Waals surface area contributed by atoms with Crippen molar-refractivity contribution in [1.29, 1.82) is 0 Å². The first-order valence-electron chi connectivity index (χ1n) is 6.16. The summed E-state index contributed by atoms with van der Waals surface area (Å²) >= 11 is 0. The third-order valence-corrected chi connectivity index (χ3v) is 3.73. The van der Waals surface area contributed by atoms with Gasteiger partial charge in [-0.2, -0.15) is 0 Å². The van der Waals surface area contributed by atoms with Crippen molar-refractivity contribution in [1.82, 2.24) is 5.32 Å². The molecule has 3 N–H and O–H groups in total. The number of hydrogen-bond donors (Lipinski definition) is 2. The minimum atomic E-state index is 0.540. The zero-order valence-corrected chi connectivity index (χ0v) is 10.9. The molecule has 1 aliphatic carbocycles. The van der Waals surface area contributed by atoms with E-state index < -0.39 is 0 Å². The Bertz CT molecular complexity index is 401. The molecular weight excluding hydrogens is 212 g/mol. The van der Waals surface area contributed by atoms with E-state index in [1.54, 1.807) is 7.11 Å². The molecule has 0 radical (unpaired) electrons. The van der Waals surface area contributed by atoms with Crippen molar-refractivity contribution in [2.75, 3.05) is 19.4 Å². The van der Waals surface area contributed by atoms with Gasteiger partial charge in [-0.25, -0.2) is 0 Å². The first kappa shape index (κ1) is 12.2. The van der Waals surface area contributed by atoms with Crippen LogP contribution in [0.2, 0.25) is 0 Å². The SMILES string of the molecule is COc1cc(N)ccc1CNCC1CC1(C)C. The van der Waals surface area contributed by atoms with Crippen molar-refractivity contribution < 1.29 is 4.74 Å². The van der Waals surface area contributed by atoms with Crippen LogP contribution in [0.5, 0.6) is 5.75 Å². The lowest BCUT2D eigenvalue weighted by Gasteiger charge is -2.11. The fourth-order valence-electron chi connectivity index (χ4n) is 2.21. The lowest BCUT2D eigenvalue weighted by atomic mass is 10.1. The molecule has 1 saturated carbocycles. The van der Waals surface area contributed by atoms with Gasteiger partial charge in [-0.05, 0) is 30.4 Å². The molecule has 0 amide bonds. The predicted molar refractivity (Wildman–Crippen MR) is 71.0 cm³/mol. The average molecular weight is 234 g/mol. The van der Waals surface area contributed by atoms with Crippen molar-refractivity contribution in [3.8, 4) is 5.75 Å². The Morgan fingerprint density at radius 2 is 2.18 bits per heavy atom. The molecule has 1 aliphatic rings. The summed E-state index contributed by atoms with van der Waals surface area (Å²) in [6, 6.07) is 5.82. The lowest BCUT2D eigenvalue weighted by molar-refractivity contribution is 0.407. The monoisotopic (exact) mass is 234 g/mol. The van der Waals surface area contributed by atoms with Crippen LogP contribution >= 0.6 is 0 Å². The number of nitrogen functional groups attached to an aromatic ring is 1. The predicted octanol–water partition coefficient (Wildman–Crippen LogP) is 2.41. The van der Waals surface area contributed by atoms with Crippen LogP contribution in [0.4, 0.5) is 5.69 Å². The fraction of sp³-hybridized carbons (Fsp3) is 0.571. The van der Waals surface area contributed by atoms with Crippen LogP contribution in [0, 0.1) is 11.3 Å². The van der Waals surface area contributed by atoms with E-state index in [4.69, 9.17) is 10.5 Å². The fourth-order valence-corrected chi connectivity index (χ4v) is 2.21. The molecule has 0 heterocycles. The molecule has 0 bridgehead atoms. The van der Waals surface area contributed by atoms with Crippen molar-refractivity contribution in [3.05, 3.63) is 23.8 Å². The van der Waals surface area contributed by atoms with Gasteiger partial charge in [-0.1, -0.05) is 19.9 Å². The van der Waals surface area contributed by atoms with E-state index in [1.807, 2.05) is 18.2 Å². The Morgan fingerprint density at radius 3 is 2.76 bits per heavy atom. The molecule has 0 aromatic heterocycles. The molecule has 2 rings (SSSR count). The molecule has 17 heavy (non-hydrogen) atoms. The second kappa shape index (κ2) is 4.57. The number of benzene rings is 1. The first-order chi connectivity index (χ1) is 8.03. The van der Waals surface area contributed by atoms with Gasteiger partial charge in [0, 0.05) is 23.9 Å². The number of ether oxygens (including phenoxy) is 1. The van der Waals surface area contributed by atoms with E-state index in [0.29, 0.717) is 5.41 Å². The summed E-state index contributed by atoms with van der Waals surface area (Å²) in [7, 11) is 1.68. The third-order valence-electron chi connectivity index (χ3n) is 3.73. The summed E-state index contributed by atoms with van der Waals surface area (Å²) < 4.78 is 5.32. The van der Waals surface area contributed by atoms with Crippen LogP contribution in [0.3, 0.4) is 0 Å². The summed E-state index contributed by atoms with van der Waals surface area (Å²) in [5.74, 6) is 1.69. The highest BCUT2D eigenvalue weighted by atomic mass is 16.5. The van der Waals surface area contributed by atoms with Gasteiger partial charge in [0.2, 0.25) is 0 Å². The number of nitrogens with two attached hydrogens (primary N) is 1. The van der Waals surface area contributed by atoms with E-state index in [0.717, 1.165) is 30.4 Å². The van der Waals surface area contributed by atoms with Gasteiger partial charge < -0.3 is 15.8 Å². The quantitative estimate of drug-likeness (QED) is 0.769. The number of rotatable bonds is 5. The Labute approximate surface area is 103 Å². The summed E-state index contributed by atoms with van der Waals surface area (Å²) in [5.41, 5.74) is 8.18. The van der Waals surface area contributed by atoms with Crippen LogP contribution in [0.1, 0.15) is 25.8 Å². The summed E-state index contributed by atoms with van der Waals surface area (Å²) in [4.78, 5) is 0. The Kier molecular flexibility index (Phi) is 3.29. The summed E-state index contributed by atoms with van der Waals surface area (Å²) in [6.07, 6.45) is 1.33. The Morgan fingerprint density at radius 1 is 1.47 bits per heavy atom. The minimum absolute atomic E-state index is 0.540. The van der Waals surface area contributed by atoms with E-state index in [-0.39, 0.29) is 0 Å². The maximum absolute atomic E-state index is 5.73. The topological polar surface area (TPSA) is 47.3 Å². The van der Waals surface area contributed by atoms with Gasteiger partial charge in [0.25, 0.3) is 0 Å². The zero-order valence-electron chi connectivity index (χ0n) is 10.9. The van der Waals surface area contributed by atoms with Gasteiger partial charge in [-0.15, -0.1) is 0 Å². The van der Waals surface area contributed by atoms with E-state index >= 15 is 0 Å². The first-order valence-corrected chi connectivity index (χ1v) is 6.16. The number of nitrogens with one attached hydrogen (secondary N) is 1. The van der Waals surface area contributed by atoms with Crippen LogP contribution in [0.25, 0.3) is 0 Å². The molecule has 0 saturated heterocycles. The average Bonchev–Trinajstić information content (AvgIpc) is 2.88. The van der Waals surface area contributed by atoms with E-state index in [9.17, 15) is 0 Å². The van der Waals surface area contributed by atoms with Gasteiger partial charge in [0.05, 0.1) is 7.11 Å². The van der Waals surface area contributed by atoms with Crippen LogP contribution in [-0.4, -0.2) is 13.7 Å². The molecule has 1 fully saturated rings. The largest absolute Gasteiger partial charge is 0.496 e. The summed E-state index contributed by atoms with van der Waals surface area (Å²) in [5, 5.41) is 3.49. The van der Waals surface area contributed by atoms with Gasteiger partial charge in [0.15, 0.2) is 0 Å². The normalized spacial score (nSPS) is 21.2. The van der Waals surface area contributed by atoms with Gasteiger partial charge in [0.1, 0.15) is 5.75 Å². The van der Waals surface area contributed by atoms with Crippen LogP contribution in [0.15, 0.2) is 18.2 Å². The highest BCUT2D eigenvalue weighted by molar-refractivity contribution is 5.48. The molecule has 1 aromatic carbocycles. The van der Waals surface area contributed by atoms with Gasteiger partial charge >= 0.3 is 0 Å². The Hall–Kier alpha value is -1.22. The Balaban J connectivity index is 1.86. The van der Waals surface area contributed by atoms with Crippen molar-refractivity contribution in [2.24, 2.45) is 11.3 Å². The van der Waals surface area contributed by atoms with Crippen molar-refractivity contribution in [2.45, 2.75) is 26.8 Å². The second-order valence-electron chi connectivity index (χ2n) is 5.59. The number of anilines is 1. The maximum atomic E-state index is 5.73. The van der Waals surface area contributed by atoms with E-state index in [1.165, 1.54) is 12.0 Å². The molecular formula is C14H22N2O. The molecule has 1 atom stereocenters. The second-order valence-corrected chi connectivity index (χ2v) is 5.59. The molecule has 3 nitrogen and oxygen atoms in total. The molecule has 3 heteroatoms. The molecule has 94 valence electrons. The number of methoxy groups -OCH3 is 1. The third kappa shape index (κ3) is 2.91. The molecule has 0 spiro atoms. The molecule has 0 aliphatic heterocycles. The maximum Gasteiger partial charge on any atom is 0.125 e. The smallest absolute Gasteiger partial charge is 0.125 e. The standard InChI is InChI=1S/C14H22N2O/c1-14(2)7-11(14)9-16-8-10-4-5-12(15)6-13(10)17-3/h4-6,11,16H,7-9,15H2,1-3H3. The van der Waals surface area contributed by atoms with Crippen molar-refractivity contribution >= 4 is 5.69 Å². The van der Waals surface area contributed by atoms with E-state index in [2.05, 4.69) is 19.2 Å². The number of hydrogen-bond acceptors (Lipinski definition) is 3. The van der Waals surface area contributed by atoms with Gasteiger partial charge in [-0.3, -0.25) is 0 Å². The molecule has 1 aromatic rings. The van der Waals surface area contributed by atoms with Crippen LogP contribution in [-0.2, 0) is 6.54 Å². The highest BCUT2D eigenvalue weighted by Crippen LogP contribution is 2.51. The highest BCUT2D eigenvalue weighted by Gasteiger charge is 2.44. The lowest BCUT2D eigenvalue weighted by Crippen LogP contribution is -2.18. The van der Waals surface area contributed by atoms with Crippen molar-refractivity contribution in [3.63, 3.8) is 0 Å². The molecule has 1 unspecified atom stereocenters.